The predicted octanol–water partition coefficient (Wildman–Crippen LogP) is 4.21. The first-order valence-electron chi connectivity index (χ1n) is 7.20. The lowest BCUT2D eigenvalue weighted by atomic mass is 9.87. The number of cyclic esters (lactones) is 1. The minimum Gasteiger partial charge on any atom is -0.447 e. The molecule has 1 saturated heterocycles. The van der Waals surface area contributed by atoms with Crippen LogP contribution in [-0.4, -0.2) is 35.6 Å². The van der Waals surface area contributed by atoms with Gasteiger partial charge in [0.15, 0.2) is 0 Å². The number of alkyl halides is 2. The fourth-order valence-electron chi connectivity index (χ4n) is 2.90. The number of nitrogens with zero attached hydrogens (tertiary/aromatic N) is 1. The van der Waals surface area contributed by atoms with E-state index in [1.807, 2.05) is 13.8 Å². The first kappa shape index (κ1) is 16.2. The summed E-state index contributed by atoms with van der Waals surface area (Å²) in [5.41, 5.74) is -0.515. The zero-order valence-electron chi connectivity index (χ0n) is 12.1. The Morgan fingerprint density at radius 2 is 2.00 bits per heavy atom. The molecule has 0 aromatic heterocycles. The van der Waals surface area contributed by atoms with E-state index in [1.54, 1.807) is 0 Å². The third-order valence-electron chi connectivity index (χ3n) is 3.89. The summed E-state index contributed by atoms with van der Waals surface area (Å²) in [6, 6.07) is -1.09. The molecule has 1 fully saturated rings. The summed E-state index contributed by atoms with van der Waals surface area (Å²) in [6.45, 7) is 5.83. The molecule has 5 heteroatoms. The van der Waals surface area contributed by atoms with E-state index < -0.39 is 24.1 Å². The maximum Gasteiger partial charge on any atom is 0.410 e. The van der Waals surface area contributed by atoms with Gasteiger partial charge in [0.25, 0.3) is 6.43 Å². The van der Waals surface area contributed by atoms with Crippen LogP contribution in [0.4, 0.5) is 13.6 Å². The van der Waals surface area contributed by atoms with E-state index in [4.69, 9.17) is 4.74 Å². The van der Waals surface area contributed by atoms with Crippen molar-refractivity contribution in [3.63, 3.8) is 0 Å². The highest BCUT2D eigenvalue weighted by Gasteiger charge is 2.48. The molecule has 0 aromatic rings. The second kappa shape index (κ2) is 7.06. The van der Waals surface area contributed by atoms with Crippen LogP contribution in [0, 0.1) is 0 Å². The molecule has 1 rings (SSSR count). The zero-order valence-corrected chi connectivity index (χ0v) is 12.1. The van der Waals surface area contributed by atoms with Crippen molar-refractivity contribution in [3.05, 3.63) is 0 Å². The fourth-order valence-corrected chi connectivity index (χ4v) is 2.90. The molecule has 1 heterocycles. The van der Waals surface area contributed by atoms with Crippen LogP contribution in [0.5, 0.6) is 0 Å². The van der Waals surface area contributed by atoms with E-state index in [0.717, 1.165) is 38.5 Å². The van der Waals surface area contributed by atoms with Crippen LogP contribution in [0.1, 0.15) is 59.3 Å². The van der Waals surface area contributed by atoms with Crippen LogP contribution in [-0.2, 0) is 4.74 Å². The fraction of sp³-hybridized carbons (Fsp3) is 0.929. The van der Waals surface area contributed by atoms with E-state index in [1.165, 1.54) is 4.90 Å². The summed E-state index contributed by atoms with van der Waals surface area (Å²) in [5.74, 6) is 0. The molecule has 1 aliphatic heterocycles. The zero-order chi connectivity index (χ0) is 14.5. The normalized spacial score (nSPS) is 22.7. The number of halogens is 2. The molecular weight excluding hydrogens is 252 g/mol. The summed E-state index contributed by atoms with van der Waals surface area (Å²) < 4.78 is 30.9. The molecule has 19 heavy (non-hydrogen) atoms. The average molecular weight is 277 g/mol. The van der Waals surface area contributed by atoms with Crippen LogP contribution in [0.3, 0.4) is 0 Å². The lowest BCUT2D eigenvalue weighted by Crippen LogP contribution is -2.53. The van der Waals surface area contributed by atoms with Crippen LogP contribution in [0.15, 0.2) is 0 Å². The minimum absolute atomic E-state index is 0.191. The highest BCUT2D eigenvalue weighted by Crippen LogP contribution is 2.35. The molecule has 0 aliphatic carbocycles. The first-order chi connectivity index (χ1) is 8.96. The molecule has 0 bridgehead atoms. The first-order valence-corrected chi connectivity index (χ1v) is 7.20. The van der Waals surface area contributed by atoms with Gasteiger partial charge in [0.2, 0.25) is 0 Å². The van der Waals surface area contributed by atoms with Gasteiger partial charge in [-0.05, 0) is 19.8 Å². The van der Waals surface area contributed by atoms with E-state index in [-0.39, 0.29) is 6.61 Å². The van der Waals surface area contributed by atoms with Crippen molar-refractivity contribution in [1.29, 1.82) is 0 Å². The predicted molar refractivity (Wildman–Crippen MR) is 70.4 cm³/mol. The monoisotopic (exact) mass is 277 g/mol. The SMILES string of the molecule is CCCCCC(C)(CCC)N1C(=O)OCC1C(F)F. The highest BCUT2D eigenvalue weighted by molar-refractivity contribution is 5.71. The standard InChI is InChI=1S/C14H25F2NO2/c1-4-6-7-9-14(3,8-5-2)17-11(12(15)16)10-19-13(17)18/h11-12H,4-10H2,1-3H3. The number of rotatable bonds is 8. The number of carbonyl (C=O) groups is 1. The minimum atomic E-state index is -2.55. The summed E-state index contributed by atoms with van der Waals surface area (Å²) >= 11 is 0. The molecule has 1 amide bonds. The van der Waals surface area contributed by atoms with Gasteiger partial charge >= 0.3 is 6.09 Å². The van der Waals surface area contributed by atoms with Crippen molar-refractivity contribution in [2.75, 3.05) is 6.61 Å². The summed E-state index contributed by atoms with van der Waals surface area (Å²) in [4.78, 5) is 13.1. The van der Waals surface area contributed by atoms with Gasteiger partial charge in [-0.3, -0.25) is 4.90 Å². The topological polar surface area (TPSA) is 29.5 Å². The van der Waals surface area contributed by atoms with Crippen molar-refractivity contribution in [2.24, 2.45) is 0 Å². The number of hydrogen-bond donors (Lipinski definition) is 0. The van der Waals surface area contributed by atoms with Gasteiger partial charge in [0.05, 0.1) is 0 Å². The van der Waals surface area contributed by atoms with Gasteiger partial charge in [-0.2, -0.15) is 0 Å². The van der Waals surface area contributed by atoms with E-state index in [2.05, 4.69) is 6.92 Å². The molecule has 0 N–H and O–H groups in total. The van der Waals surface area contributed by atoms with Gasteiger partial charge in [0, 0.05) is 5.54 Å². The van der Waals surface area contributed by atoms with Crippen LogP contribution < -0.4 is 0 Å². The Labute approximate surface area is 114 Å². The Balaban J connectivity index is 2.84. The van der Waals surface area contributed by atoms with Crippen LogP contribution in [0.25, 0.3) is 0 Å². The maximum absolute atomic E-state index is 13.0. The number of amides is 1. The number of ether oxygens (including phenoxy) is 1. The summed E-state index contributed by atoms with van der Waals surface area (Å²) in [6.07, 6.45) is 2.30. The third-order valence-corrected chi connectivity index (χ3v) is 3.89. The Morgan fingerprint density at radius 1 is 1.32 bits per heavy atom. The second-order valence-electron chi connectivity index (χ2n) is 5.55. The molecule has 0 radical (unpaired) electrons. The lowest BCUT2D eigenvalue weighted by Gasteiger charge is -2.40. The molecule has 1 aliphatic rings. The summed E-state index contributed by atoms with van der Waals surface area (Å²) in [7, 11) is 0. The van der Waals surface area contributed by atoms with Crippen LogP contribution >= 0.6 is 0 Å². The molecule has 112 valence electrons. The van der Waals surface area contributed by atoms with E-state index in [9.17, 15) is 13.6 Å². The van der Waals surface area contributed by atoms with Crippen molar-refractivity contribution < 1.29 is 18.3 Å². The Bertz CT molecular complexity index is 299. The van der Waals surface area contributed by atoms with Crippen molar-refractivity contribution >= 4 is 6.09 Å². The Hall–Kier alpha value is -0.870. The van der Waals surface area contributed by atoms with Crippen molar-refractivity contribution in [1.82, 2.24) is 4.90 Å². The van der Waals surface area contributed by atoms with Gasteiger partial charge in [-0.1, -0.05) is 39.5 Å². The van der Waals surface area contributed by atoms with Gasteiger partial charge in [0.1, 0.15) is 12.6 Å². The Kier molecular flexibility index (Phi) is 6.01. The van der Waals surface area contributed by atoms with Crippen molar-refractivity contribution in [3.8, 4) is 0 Å². The lowest BCUT2D eigenvalue weighted by molar-refractivity contribution is 0.0102. The number of hydrogen-bond acceptors (Lipinski definition) is 2. The molecule has 2 atom stereocenters. The van der Waals surface area contributed by atoms with Crippen molar-refractivity contribution in [2.45, 2.75) is 77.3 Å². The molecule has 3 nitrogen and oxygen atoms in total. The second-order valence-corrected chi connectivity index (χ2v) is 5.55. The largest absolute Gasteiger partial charge is 0.447 e. The van der Waals surface area contributed by atoms with E-state index >= 15 is 0 Å². The van der Waals surface area contributed by atoms with Gasteiger partial charge in [-0.25, -0.2) is 13.6 Å². The average Bonchev–Trinajstić information content (AvgIpc) is 2.72. The Morgan fingerprint density at radius 3 is 2.53 bits per heavy atom. The number of unbranched alkanes of at least 4 members (excludes halogenated alkanes) is 2. The number of carbonyl (C=O) groups excluding carboxylic acids is 1. The smallest absolute Gasteiger partial charge is 0.410 e. The van der Waals surface area contributed by atoms with Gasteiger partial charge in [-0.15, -0.1) is 0 Å². The molecular formula is C14H25F2NO2. The molecule has 0 spiro atoms. The maximum atomic E-state index is 13.0. The third kappa shape index (κ3) is 3.80. The molecule has 0 aromatic carbocycles. The quantitative estimate of drug-likeness (QED) is 0.622. The molecule has 0 saturated carbocycles. The van der Waals surface area contributed by atoms with Crippen LogP contribution in [0.2, 0.25) is 0 Å². The van der Waals surface area contributed by atoms with E-state index in [0.29, 0.717) is 0 Å². The highest BCUT2D eigenvalue weighted by atomic mass is 19.3. The summed E-state index contributed by atoms with van der Waals surface area (Å²) in [5, 5.41) is 0. The molecule has 2 unspecified atom stereocenters. The van der Waals surface area contributed by atoms with Gasteiger partial charge < -0.3 is 4.74 Å².